The van der Waals surface area contributed by atoms with Crippen molar-refractivity contribution in [3.05, 3.63) is 0 Å². The fourth-order valence-electron chi connectivity index (χ4n) is 3.44. The minimum absolute atomic E-state index is 0. The highest BCUT2D eigenvalue weighted by Crippen LogP contribution is 2.42. The number of hydrogen-bond donors (Lipinski definition) is 2. The van der Waals surface area contributed by atoms with Crippen LogP contribution in [0.3, 0.4) is 0 Å². The van der Waals surface area contributed by atoms with Gasteiger partial charge in [0, 0.05) is 13.1 Å². The van der Waals surface area contributed by atoms with Crippen molar-refractivity contribution >= 4 is 30.3 Å². The van der Waals surface area contributed by atoms with Crippen LogP contribution in [-0.4, -0.2) is 59.4 Å². The molecule has 2 heterocycles. The van der Waals surface area contributed by atoms with Crippen molar-refractivity contribution in [1.29, 1.82) is 0 Å². The van der Waals surface area contributed by atoms with Crippen molar-refractivity contribution < 1.29 is 14.4 Å². The van der Waals surface area contributed by atoms with Crippen LogP contribution in [-0.2, 0) is 9.59 Å². The first-order valence-electron chi connectivity index (χ1n) is 7.91. The molecule has 0 bridgehead atoms. The standard InChI is InChI=1S/C15H24N4O3.ClH/c1-14(8-16)5-6-18(9-14)11(20)7-19-12(21)15(2,10-3-4-10)17-13(19)22;/h10H,3-9,16H2,1-2H3,(H,17,22);1H. The van der Waals surface area contributed by atoms with Gasteiger partial charge in [-0.1, -0.05) is 6.92 Å². The summed E-state index contributed by atoms with van der Waals surface area (Å²) in [7, 11) is 0. The maximum Gasteiger partial charge on any atom is 0.325 e. The summed E-state index contributed by atoms with van der Waals surface area (Å²) in [6.07, 6.45) is 2.76. The van der Waals surface area contributed by atoms with Gasteiger partial charge in [-0.05, 0) is 44.1 Å². The third kappa shape index (κ3) is 3.04. The molecule has 1 aliphatic carbocycles. The predicted octanol–water partition coefficient (Wildman–Crippen LogP) is 0.326. The molecule has 4 amide bonds. The second-order valence-electron chi connectivity index (χ2n) is 7.38. The van der Waals surface area contributed by atoms with Crippen LogP contribution in [0.1, 0.15) is 33.1 Å². The SMILES string of the molecule is CC1(CN)CCN(C(=O)CN2C(=O)NC(C)(C3CC3)C2=O)C1.Cl. The van der Waals surface area contributed by atoms with Gasteiger partial charge in [-0.25, -0.2) is 4.79 Å². The number of nitrogens with zero attached hydrogens (tertiary/aromatic N) is 2. The summed E-state index contributed by atoms with van der Waals surface area (Å²) in [5.74, 6) is -0.244. The highest BCUT2D eigenvalue weighted by Gasteiger charge is 2.56. The Morgan fingerprint density at radius 2 is 2.00 bits per heavy atom. The molecule has 3 rings (SSSR count). The zero-order valence-corrected chi connectivity index (χ0v) is 14.4. The normalized spacial score (nSPS) is 33.7. The summed E-state index contributed by atoms with van der Waals surface area (Å²) >= 11 is 0. The van der Waals surface area contributed by atoms with Crippen molar-refractivity contribution in [2.45, 2.75) is 38.6 Å². The smallest absolute Gasteiger partial charge is 0.325 e. The van der Waals surface area contributed by atoms with Crippen LogP contribution in [0.2, 0.25) is 0 Å². The molecule has 0 aromatic heterocycles. The lowest BCUT2D eigenvalue weighted by atomic mass is 9.90. The average molecular weight is 345 g/mol. The molecule has 3 aliphatic rings. The molecule has 0 aromatic rings. The molecule has 0 radical (unpaired) electrons. The Morgan fingerprint density at radius 3 is 2.52 bits per heavy atom. The molecule has 130 valence electrons. The van der Waals surface area contributed by atoms with E-state index in [0.717, 1.165) is 24.2 Å². The van der Waals surface area contributed by atoms with Gasteiger partial charge in [-0.2, -0.15) is 0 Å². The molecule has 8 heteroatoms. The minimum Gasteiger partial charge on any atom is -0.341 e. The molecule has 2 unspecified atom stereocenters. The number of rotatable bonds is 4. The van der Waals surface area contributed by atoms with E-state index in [2.05, 4.69) is 12.2 Å². The molecule has 23 heavy (non-hydrogen) atoms. The number of carbonyl (C=O) groups excluding carboxylic acids is 3. The number of nitrogens with one attached hydrogen (secondary N) is 1. The van der Waals surface area contributed by atoms with E-state index in [4.69, 9.17) is 5.73 Å². The molecular formula is C15H25ClN4O3. The fourth-order valence-corrected chi connectivity index (χ4v) is 3.44. The average Bonchev–Trinajstić information content (AvgIpc) is 3.23. The van der Waals surface area contributed by atoms with Crippen LogP contribution < -0.4 is 11.1 Å². The van der Waals surface area contributed by atoms with E-state index in [1.165, 1.54) is 0 Å². The van der Waals surface area contributed by atoms with Crippen LogP contribution in [0.5, 0.6) is 0 Å². The van der Waals surface area contributed by atoms with Gasteiger partial charge >= 0.3 is 6.03 Å². The summed E-state index contributed by atoms with van der Waals surface area (Å²) in [6.45, 7) is 5.39. The summed E-state index contributed by atoms with van der Waals surface area (Å²) in [4.78, 5) is 39.8. The lowest BCUT2D eigenvalue weighted by molar-refractivity contribution is -0.138. The van der Waals surface area contributed by atoms with Crippen molar-refractivity contribution in [3.8, 4) is 0 Å². The predicted molar refractivity (Wildman–Crippen MR) is 87.0 cm³/mol. The van der Waals surface area contributed by atoms with Crippen LogP contribution in [0, 0.1) is 11.3 Å². The van der Waals surface area contributed by atoms with Gasteiger partial charge in [0.2, 0.25) is 5.91 Å². The van der Waals surface area contributed by atoms with Crippen LogP contribution >= 0.6 is 12.4 Å². The lowest BCUT2D eigenvalue weighted by Gasteiger charge is -2.24. The number of hydrogen-bond acceptors (Lipinski definition) is 4. The summed E-state index contributed by atoms with van der Waals surface area (Å²) in [6, 6.07) is -0.450. The summed E-state index contributed by atoms with van der Waals surface area (Å²) in [5.41, 5.74) is 4.86. The number of likely N-dealkylation sites (tertiary alicyclic amines) is 1. The first-order valence-corrected chi connectivity index (χ1v) is 7.91. The molecular weight excluding hydrogens is 320 g/mol. The van der Waals surface area contributed by atoms with E-state index < -0.39 is 11.6 Å². The topological polar surface area (TPSA) is 95.7 Å². The molecule has 7 nitrogen and oxygen atoms in total. The first-order chi connectivity index (χ1) is 10.3. The second kappa shape index (κ2) is 5.94. The Morgan fingerprint density at radius 1 is 1.35 bits per heavy atom. The fraction of sp³-hybridized carbons (Fsp3) is 0.800. The van der Waals surface area contributed by atoms with E-state index >= 15 is 0 Å². The number of nitrogens with two attached hydrogens (primary N) is 1. The maximum atomic E-state index is 12.5. The maximum absolute atomic E-state index is 12.5. The van der Waals surface area contributed by atoms with Crippen molar-refractivity contribution in [2.24, 2.45) is 17.1 Å². The molecule has 2 saturated heterocycles. The third-order valence-electron chi connectivity index (χ3n) is 5.39. The van der Waals surface area contributed by atoms with Gasteiger partial charge in [0.05, 0.1) is 0 Å². The molecule has 1 saturated carbocycles. The number of halogens is 1. The quantitative estimate of drug-likeness (QED) is 0.718. The van der Waals surface area contributed by atoms with Gasteiger partial charge in [0.25, 0.3) is 5.91 Å². The van der Waals surface area contributed by atoms with Crippen LogP contribution in [0.25, 0.3) is 0 Å². The van der Waals surface area contributed by atoms with E-state index in [9.17, 15) is 14.4 Å². The molecule has 0 spiro atoms. The highest BCUT2D eigenvalue weighted by atomic mass is 35.5. The van der Waals surface area contributed by atoms with Gasteiger partial charge < -0.3 is 16.0 Å². The Bertz CT molecular complexity index is 539. The molecule has 2 atom stereocenters. The Balaban J connectivity index is 0.00000192. The largest absolute Gasteiger partial charge is 0.341 e. The van der Waals surface area contributed by atoms with Gasteiger partial charge in [-0.15, -0.1) is 12.4 Å². The number of imide groups is 1. The van der Waals surface area contributed by atoms with E-state index in [-0.39, 0.29) is 42.1 Å². The summed E-state index contributed by atoms with van der Waals surface area (Å²) < 4.78 is 0. The molecule has 0 aromatic carbocycles. The Kier molecular flexibility index (Phi) is 4.65. The van der Waals surface area contributed by atoms with Crippen molar-refractivity contribution in [1.82, 2.24) is 15.1 Å². The number of urea groups is 1. The zero-order valence-electron chi connectivity index (χ0n) is 13.6. The number of carbonyl (C=O) groups is 3. The highest BCUT2D eigenvalue weighted by molar-refractivity contribution is 6.09. The summed E-state index contributed by atoms with van der Waals surface area (Å²) in [5, 5.41) is 2.76. The van der Waals surface area contributed by atoms with Crippen molar-refractivity contribution in [3.63, 3.8) is 0 Å². The molecule has 2 aliphatic heterocycles. The molecule has 3 fully saturated rings. The van der Waals surface area contributed by atoms with Gasteiger partial charge in [-0.3, -0.25) is 14.5 Å². The van der Waals surface area contributed by atoms with E-state index in [0.29, 0.717) is 19.6 Å². The van der Waals surface area contributed by atoms with Crippen LogP contribution in [0.4, 0.5) is 4.79 Å². The van der Waals surface area contributed by atoms with Gasteiger partial charge in [0.15, 0.2) is 0 Å². The Hall–Kier alpha value is -1.34. The monoisotopic (exact) mass is 344 g/mol. The zero-order chi connectivity index (χ0) is 16.1. The molecule has 3 N–H and O–H groups in total. The van der Waals surface area contributed by atoms with E-state index in [1.54, 1.807) is 11.8 Å². The minimum atomic E-state index is -0.825. The van der Waals surface area contributed by atoms with E-state index in [1.807, 2.05) is 0 Å². The van der Waals surface area contributed by atoms with Crippen molar-refractivity contribution in [2.75, 3.05) is 26.2 Å². The first kappa shape index (κ1) is 18.0. The van der Waals surface area contributed by atoms with Gasteiger partial charge in [0.1, 0.15) is 12.1 Å². The third-order valence-corrected chi connectivity index (χ3v) is 5.39. The van der Waals surface area contributed by atoms with Crippen LogP contribution in [0.15, 0.2) is 0 Å². The second-order valence-corrected chi connectivity index (χ2v) is 7.38. The number of amides is 4. The lowest BCUT2D eigenvalue weighted by Crippen LogP contribution is -2.47. The Labute approximate surface area is 142 Å².